The van der Waals surface area contributed by atoms with E-state index in [1.54, 1.807) is 0 Å². The minimum absolute atomic E-state index is 0.384. The first-order valence-electron chi connectivity index (χ1n) is 7.75. The van der Waals surface area contributed by atoms with E-state index in [9.17, 15) is 0 Å². The molecule has 2 unspecified atom stereocenters. The van der Waals surface area contributed by atoms with Crippen LogP contribution in [0.4, 0.5) is 5.69 Å². The average Bonchev–Trinajstić information content (AvgIpc) is 2.38. The Labute approximate surface area is 120 Å². The van der Waals surface area contributed by atoms with Crippen LogP contribution in [0.3, 0.4) is 0 Å². The number of ether oxygens (including phenoxy) is 2. The Morgan fingerprint density at radius 1 is 1.30 bits per heavy atom. The van der Waals surface area contributed by atoms with E-state index in [0.29, 0.717) is 30.0 Å². The molecular weight excluding hydrogens is 252 g/mol. The number of rotatable bonds is 6. The molecule has 4 nitrogen and oxygen atoms in total. The zero-order chi connectivity index (χ0) is 14.0. The standard InChI is InChI=1S/C16H24N2O2/c1-3-19-14-10-13(16(14)8-5-9-16)18-12-6-7-15(17-11-12)20-4-2/h6-7,11,13-14,18H,3-5,8-10H2,1-2H3. The highest BCUT2D eigenvalue weighted by Crippen LogP contribution is 2.58. The fraction of sp³-hybridized carbons (Fsp3) is 0.688. The largest absolute Gasteiger partial charge is 0.478 e. The lowest BCUT2D eigenvalue weighted by molar-refractivity contribution is -0.157. The molecule has 20 heavy (non-hydrogen) atoms. The maximum Gasteiger partial charge on any atom is 0.213 e. The highest BCUT2D eigenvalue weighted by molar-refractivity contribution is 5.45. The molecule has 1 aromatic heterocycles. The zero-order valence-corrected chi connectivity index (χ0v) is 12.4. The van der Waals surface area contributed by atoms with Crippen LogP contribution in [-0.2, 0) is 4.74 Å². The van der Waals surface area contributed by atoms with E-state index in [2.05, 4.69) is 23.3 Å². The monoisotopic (exact) mass is 276 g/mol. The lowest BCUT2D eigenvalue weighted by Gasteiger charge is -2.61. The first-order valence-corrected chi connectivity index (χ1v) is 7.75. The minimum atomic E-state index is 0.384. The van der Waals surface area contributed by atoms with Crippen molar-refractivity contribution in [3.05, 3.63) is 18.3 Å². The molecule has 2 atom stereocenters. The number of aromatic nitrogens is 1. The van der Waals surface area contributed by atoms with Crippen molar-refractivity contribution < 1.29 is 9.47 Å². The third-order valence-electron chi connectivity index (χ3n) is 4.81. The Balaban J connectivity index is 1.61. The summed E-state index contributed by atoms with van der Waals surface area (Å²) in [7, 11) is 0. The average molecular weight is 276 g/mol. The summed E-state index contributed by atoms with van der Waals surface area (Å²) in [4.78, 5) is 4.31. The number of anilines is 1. The van der Waals surface area contributed by atoms with Crippen LogP contribution in [-0.4, -0.2) is 30.3 Å². The molecule has 0 bridgehead atoms. The molecule has 1 aromatic rings. The predicted octanol–water partition coefficient (Wildman–Crippen LogP) is 3.24. The Kier molecular flexibility index (Phi) is 3.83. The maximum atomic E-state index is 5.88. The van der Waals surface area contributed by atoms with Gasteiger partial charge in [-0.3, -0.25) is 0 Å². The van der Waals surface area contributed by atoms with Crippen molar-refractivity contribution in [2.75, 3.05) is 18.5 Å². The summed E-state index contributed by atoms with van der Waals surface area (Å²) < 4.78 is 11.2. The number of hydrogen-bond donors (Lipinski definition) is 1. The lowest BCUT2D eigenvalue weighted by atomic mass is 9.51. The van der Waals surface area contributed by atoms with Crippen molar-refractivity contribution in [3.8, 4) is 5.88 Å². The molecule has 2 fully saturated rings. The van der Waals surface area contributed by atoms with Crippen LogP contribution in [0.25, 0.3) is 0 Å². The van der Waals surface area contributed by atoms with Gasteiger partial charge in [-0.2, -0.15) is 0 Å². The molecule has 1 N–H and O–H groups in total. The normalized spacial score (nSPS) is 26.7. The highest BCUT2D eigenvalue weighted by atomic mass is 16.5. The highest BCUT2D eigenvalue weighted by Gasteiger charge is 2.58. The second-order valence-electron chi connectivity index (χ2n) is 5.78. The van der Waals surface area contributed by atoms with E-state index in [-0.39, 0.29) is 0 Å². The van der Waals surface area contributed by atoms with E-state index in [4.69, 9.17) is 9.47 Å². The second kappa shape index (κ2) is 5.60. The van der Waals surface area contributed by atoms with E-state index >= 15 is 0 Å². The number of hydrogen-bond acceptors (Lipinski definition) is 4. The van der Waals surface area contributed by atoms with Crippen molar-refractivity contribution in [2.24, 2.45) is 5.41 Å². The van der Waals surface area contributed by atoms with Crippen LogP contribution in [0, 0.1) is 5.41 Å². The fourth-order valence-electron chi connectivity index (χ4n) is 3.54. The van der Waals surface area contributed by atoms with Gasteiger partial charge in [-0.25, -0.2) is 4.98 Å². The minimum Gasteiger partial charge on any atom is -0.478 e. The van der Waals surface area contributed by atoms with Crippen LogP contribution in [0.5, 0.6) is 5.88 Å². The molecule has 0 saturated heterocycles. The summed E-state index contributed by atoms with van der Waals surface area (Å²) in [6, 6.07) is 4.52. The first kappa shape index (κ1) is 13.7. The van der Waals surface area contributed by atoms with Gasteiger partial charge >= 0.3 is 0 Å². The van der Waals surface area contributed by atoms with Crippen LogP contribution < -0.4 is 10.1 Å². The SMILES string of the molecule is CCOc1ccc(NC2CC(OCC)C23CCC3)cn1. The summed E-state index contributed by atoms with van der Waals surface area (Å²) >= 11 is 0. The molecule has 2 saturated carbocycles. The third kappa shape index (κ3) is 2.26. The van der Waals surface area contributed by atoms with Gasteiger partial charge in [0, 0.05) is 24.1 Å². The van der Waals surface area contributed by atoms with Gasteiger partial charge in [0.15, 0.2) is 0 Å². The van der Waals surface area contributed by atoms with E-state index in [0.717, 1.165) is 18.7 Å². The van der Waals surface area contributed by atoms with Gasteiger partial charge in [0.05, 0.1) is 24.6 Å². The molecule has 0 aromatic carbocycles. The van der Waals surface area contributed by atoms with E-state index in [1.165, 1.54) is 19.3 Å². The van der Waals surface area contributed by atoms with Crippen LogP contribution in [0.15, 0.2) is 18.3 Å². The van der Waals surface area contributed by atoms with Gasteiger partial charge in [0.2, 0.25) is 5.88 Å². The van der Waals surface area contributed by atoms with Crippen LogP contribution >= 0.6 is 0 Å². The van der Waals surface area contributed by atoms with Crippen molar-refractivity contribution >= 4 is 5.69 Å². The Morgan fingerprint density at radius 2 is 2.15 bits per heavy atom. The molecule has 0 amide bonds. The summed E-state index contributed by atoms with van der Waals surface area (Å²) in [6.45, 7) is 5.53. The van der Waals surface area contributed by atoms with Crippen molar-refractivity contribution in [1.29, 1.82) is 0 Å². The summed E-state index contributed by atoms with van der Waals surface area (Å²) in [5, 5.41) is 3.63. The molecule has 3 rings (SSSR count). The van der Waals surface area contributed by atoms with Gasteiger partial charge in [-0.15, -0.1) is 0 Å². The topological polar surface area (TPSA) is 43.4 Å². The number of pyridine rings is 1. The third-order valence-corrected chi connectivity index (χ3v) is 4.81. The first-order chi connectivity index (χ1) is 9.78. The van der Waals surface area contributed by atoms with Gasteiger partial charge in [0.25, 0.3) is 0 Å². The molecule has 4 heteroatoms. The molecular formula is C16H24N2O2. The Morgan fingerprint density at radius 3 is 2.70 bits per heavy atom. The second-order valence-corrected chi connectivity index (χ2v) is 5.78. The van der Waals surface area contributed by atoms with Crippen molar-refractivity contribution in [2.45, 2.75) is 51.7 Å². The Bertz CT molecular complexity index is 442. The predicted molar refractivity (Wildman–Crippen MR) is 79.1 cm³/mol. The van der Waals surface area contributed by atoms with Gasteiger partial charge in [-0.05, 0) is 39.2 Å². The lowest BCUT2D eigenvalue weighted by Crippen LogP contribution is -2.64. The quantitative estimate of drug-likeness (QED) is 0.866. The molecule has 1 heterocycles. The molecule has 0 radical (unpaired) electrons. The van der Waals surface area contributed by atoms with Gasteiger partial charge < -0.3 is 14.8 Å². The van der Waals surface area contributed by atoms with Crippen LogP contribution in [0.2, 0.25) is 0 Å². The van der Waals surface area contributed by atoms with Crippen molar-refractivity contribution in [3.63, 3.8) is 0 Å². The van der Waals surface area contributed by atoms with E-state index < -0.39 is 0 Å². The Hall–Kier alpha value is -1.29. The fourth-order valence-corrected chi connectivity index (χ4v) is 3.54. The van der Waals surface area contributed by atoms with E-state index in [1.807, 2.05) is 19.2 Å². The molecule has 2 aliphatic carbocycles. The number of nitrogens with zero attached hydrogens (tertiary/aromatic N) is 1. The molecule has 1 spiro atoms. The summed E-state index contributed by atoms with van der Waals surface area (Å²) in [6.07, 6.45) is 7.35. The molecule has 0 aliphatic heterocycles. The van der Waals surface area contributed by atoms with Gasteiger partial charge in [-0.1, -0.05) is 6.42 Å². The summed E-state index contributed by atoms with van der Waals surface area (Å²) in [5.41, 5.74) is 1.47. The van der Waals surface area contributed by atoms with Gasteiger partial charge in [0.1, 0.15) is 0 Å². The van der Waals surface area contributed by atoms with Crippen molar-refractivity contribution in [1.82, 2.24) is 4.98 Å². The number of nitrogens with one attached hydrogen (secondary N) is 1. The molecule has 110 valence electrons. The molecule has 2 aliphatic rings. The maximum absolute atomic E-state index is 5.88. The summed E-state index contributed by atoms with van der Waals surface area (Å²) in [5.74, 6) is 0.692. The van der Waals surface area contributed by atoms with Crippen LogP contribution in [0.1, 0.15) is 39.5 Å². The smallest absolute Gasteiger partial charge is 0.213 e. The zero-order valence-electron chi connectivity index (χ0n) is 12.4.